The smallest absolute Gasteiger partial charge is 0.339 e. The summed E-state index contributed by atoms with van der Waals surface area (Å²) in [5, 5.41) is 11.6. The Hall–Kier alpha value is -4.37. The topological polar surface area (TPSA) is 106 Å². The van der Waals surface area contributed by atoms with E-state index >= 15 is 0 Å². The van der Waals surface area contributed by atoms with Crippen molar-refractivity contribution in [3.05, 3.63) is 83.9 Å². The summed E-state index contributed by atoms with van der Waals surface area (Å²) in [5.41, 5.74) is 1.10. The van der Waals surface area contributed by atoms with Crippen molar-refractivity contribution in [1.29, 1.82) is 0 Å². The molecular weight excluding hydrogens is 452 g/mol. The summed E-state index contributed by atoms with van der Waals surface area (Å²) in [5.74, 6) is -2.98. The Balaban J connectivity index is 1.70. The standard InChI is InChI=1S/C26H22N2O7/c1-33-18-14-13-17(19(26(31)32)22(18)34-2)21-20-23(35-28(21)16-11-7-4-8-12-16)25(30)27(24(20)29)15-9-5-3-6-10-15/h3-14,20-21,23H,1-2H3,(H,31,32)/t20-,21+,23+/m0/s1. The van der Waals surface area contributed by atoms with Crippen LogP contribution in [0, 0.1) is 5.92 Å². The molecule has 0 aliphatic carbocycles. The van der Waals surface area contributed by atoms with Crippen molar-refractivity contribution >= 4 is 29.2 Å². The molecule has 178 valence electrons. The number of carbonyl (C=O) groups is 3. The molecule has 5 rings (SSSR count). The molecule has 0 bridgehead atoms. The first kappa shape index (κ1) is 22.4. The number of ether oxygens (including phenoxy) is 2. The van der Waals surface area contributed by atoms with Gasteiger partial charge in [-0.05, 0) is 35.9 Å². The number of amides is 2. The molecule has 3 aromatic rings. The first-order chi connectivity index (χ1) is 17.0. The van der Waals surface area contributed by atoms with Crippen LogP contribution in [0.1, 0.15) is 22.0 Å². The lowest BCUT2D eigenvalue weighted by molar-refractivity contribution is -0.126. The Morgan fingerprint density at radius 3 is 2.06 bits per heavy atom. The number of aromatic carboxylic acids is 1. The second kappa shape index (κ2) is 8.77. The molecule has 0 unspecified atom stereocenters. The van der Waals surface area contributed by atoms with Crippen LogP contribution in [0.4, 0.5) is 11.4 Å². The molecule has 3 aromatic carbocycles. The summed E-state index contributed by atoms with van der Waals surface area (Å²) in [6.45, 7) is 0. The van der Waals surface area contributed by atoms with Gasteiger partial charge in [0.1, 0.15) is 11.5 Å². The van der Waals surface area contributed by atoms with E-state index in [0.717, 1.165) is 4.90 Å². The number of rotatable bonds is 6. The molecule has 3 atom stereocenters. The average molecular weight is 474 g/mol. The highest BCUT2D eigenvalue weighted by atomic mass is 16.7. The maximum absolute atomic E-state index is 13.7. The van der Waals surface area contributed by atoms with Gasteiger partial charge in [-0.2, -0.15) is 0 Å². The number of carboxylic acid groups (broad SMARTS) is 1. The van der Waals surface area contributed by atoms with Crippen LogP contribution < -0.4 is 19.4 Å². The normalized spacial score (nSPS) is 21.3. The van der Waals surface area contributed by atoms with Crippen molar-refractivity contribution in [2.75, 3.05) is 24.2 Å². The van der Waals surface area contributed by atoms with E-state index in [9.17, 15) is 19.5 Å². The largest absolute Gasteiger partial charge is 0.493 e. The van der Waals surface area contributed by atoms with Crippen LogP contribution in [-0.4, -0.2) is 43.2 Å². The van der Waals surface area contributed by atoms with Gasteiger partial charge in [0.25, 0.3) is 5.91 Å². The van der Waals surface area contributed by atoms with Gasteiger partial charge in [-0.1, -0.05) is 42.5 Å². The zero-order chi connectivity index (χ0) is 24.7. The number of anilines is 2. The highest BCUT2D eigenvalue weighted by Gasteiger charge is 2.61. The van der Waals surface area contributed by atoms with Gasteiger partial charge >= 0.3 is 5.97 Å². The Morgan fingerprint density at radius 2 is 1.49 bits per heavy atom. The number of hydroxylamine groups is 1. The van der Waals surface area contributed by atoms with E-state index in [2.05, 4.69) is 0 Å². The first-order valence-corrected chi connectivity index (χ1v) is 10.9. The molecule has 0 aromatic heterocycles. The van der Waals surface area contributed by atoms with Gasteiger partial charge in [-0.3, -0.25) is 14.4 Å². The fourth-order valence-electron chi connectivity index (χ4n) is 4.77. The van der Waals surface area contributed by atoms with E-state index in [0.29, 0.717) is 11.4 Å². The predicted octanol–water partition coefficient (Wildman–Crippen LogP) is 3.45. The Labute approximate surface area is 201 Å². The fourth-order valence-corrected chi connectivity index (χ4v) is 4.77. The summed E-state index contributed by atoms with van der Waals surface area (Å²) in [4.78, 5) is 46.7. The molecule has 0 radical (unpaired) electrons. The quantitative estimate of drug-likeness (QED) is 0.542. The number of imide groups is 1. The van der Waals surface area contributed by atoms with Crippen LogP contribution in [0.3, 0.4) is 0 Å². The van der Waals surface area contributed by atoms with Crippen LogP contribution in [0.5, 0.6) is 11.5 Å². The monoisotopic (exact) mass is 474 g/mol. The third-order valence-electron chi connectivity index (χ3n) is 6.25. The second-order valence-corrected chi connectivity index (χ2v) is 8.08. The number of carboxylic acids is 1. The van der Waals surface area contributed by atoms with E-state index in [-0.39, 0.29) is 22.6 Å². The number of fused-ring (bicyclic) bond motifs is 1. The predicted molar refractivity (Wildman–Crippen MR) is 125 cm³/mol. The van der Waals surface area contributed by atoms with Crippen molar-refractivity contribution in [3.63, 3.8) is 0 Å². The highest BCUT2D eigenvalue weighted by molar-refractivity contribution is 6.24. The minimum absolute atomic E-state index is 0.0191. The second-order valence-electron chi connectivity index (χ2n) is 8.08. The molecule has 2 fully saturated rings. The summed E-state index contributed by atoms with van der Waals surface area (Å²) >= 11 is 0. The molecule has 2 heterocycles. The lowest BCUT2D eigenvalue weighted by Crippen LogP contribution is -2.37. The van der Waals surface area contributed by atoms with Crippen molar-refractivity contribution < 1.29 is 33.8 Å². The maximum atomic E-state index is 13.7. The molecule has 35 heavy (non-hydrogen) atoms. The Bertz CT molecular complexity index is 1300. The Morgan fingerprint density at radius 1 is 0.857 bits per heavy atom. The zero-order valence-electron chi connectivity index (χ0n) is 19.0. The van der Waals surface area contributed by atoms with Crippen LogP contribution in [0.2, 0.25) is 0 Å². The molecule has 1 N–H and O–H groups in total. The zero-order valence-corrected chi connectivity index (χ0v) is 19.0. The third kappa shape index (κ3) is 3.48. The van der Waals surface area contributed by atoms with Crippen molar-refractivity contribution in [1.82, 2.24) is 0 Å². The molecule has 0 spiro atoms. The van der Waals surface area contributed by atoms with Crippen LogP contribution >= 0.6 is 0 Å². The van der Waals surface area contributed by atoms with Crippen molar-refractivity contribution in [2.24, 2.45) is 5.92 Å². The molecule has 0 saturated carbocycles. The van der Waals surface area contributed by atoms with Gasteiger partial charge in [0, 0.05) is 0 Å². The molecule has 2 amide bonds. The number of carbonyl (C=O) groups excluding carboxylic acids is 2. The first-order valence-electron chi connectivity index (χ1n) is 10.9. The van der Waals surface area contributed by atoms with E-state index < -0.39 is 35.8 Å². The number of methoxy groups -OCH3 is 2. The maximum Gasteiger partial charge on any atom is 0.339 e. The van der Waals surface area contributed by atoms with E-state index in [1.807, 2.05) is 6.07 Å². The Kier molecular flexibility index (Phi) is 5.62. The molecule has 9 nitrogen and oxygen atoms in total. The number of para-hydroxylation sites is 2. The van der Waals surface area contributed by atoms with Gasteiger partial charge in [0.05, 0.1) is 31.6 Å². The molecular formula is C26H22N2O7. The minimum Gasteiger partial charge on any atom is -0.493 e. The summed E-state index contributed by atoms with van der Waals surface area (Å²) in [7, 11) is 2.75. The third-order valence-corrected chi connectivity index (χ3v) is 6.25. The number of hydrogen-bond acceptors (Lipinski definition) is 7. The SMILES string of the molecule is COc1ccc([C@@H]2[C@@H]3C(=O)N(c4ccccc4)C(=O)[C@@H]3ON2c2ccccc2)c(C(=O)O)c1OC. The van der Waals surface area contributed by atoms with Gasteiger partial charge in [0.2, 0.25) is 5.91 Å². The number of hydrogen-bond donors (Lipinski definition) is 1. The summed E-state index contributed by atoms with van der Waals surface area (Å²) in [6, 6.07) is 19.7. The van der Waals surface area contributed by atoms with Gasteiger partial charge in [-0.25, -0.2) is 14.8 Å². The van der Waals surface area contributed by atoms with Crippen LogP contribution in [0.15, 0.2) is 72.8 Å². The van der Waals surface area contributed by atoms with Crippen molar-refractivity contribution in [2.45, 2.75) is 12.1 Å². The van der Waals surface area contributed by atoms with E-state index in [1.54, 1.807) is 66.7 Å². The molecule has 2 saturated heterocycles. The van der Waals surface area contributed by atoms with E-state index in [4.69, 9.17) is 14.3 Å². The average Bonchev–Trinajstić information content (AvgIpc) is 3.39. The lowest BCUT2D eigenvalue weighted by atomic mass is 9.87. The minimum atomic E-state index is -1.26. The van der Waals surface area contributed by atoms with E-state index in [1.165, 1.54) is 19.3 Å². The van der Waals surface area contributed by atoms with Gasteiger partial charge < -0.3 is 14.6 Å². The van der Waals surface area contributed by atoms with Crippen LogP contribution in [-0.2, 0) is 14.4 Å². The lowest BCUT2D eigenvalue weighted by Gasteiger charge is -2.30. The molecule has 9 heteroatoms. The summed E-state index contributed by atoms with van der Waals surface area (Å²) < 4.78 is 10.7. The highest BCUT2D eigenvalue weighted by Crippen LogP contribution is 2.50. The van der Waals surface area contributed by atoms with Crippen LogP contribution in [0.25, 0.3) is 0 Å². The van der Waals surface area contributed by atoms with Gasteiger partial charge in [0.15, 0.2) is 17.6 Å². The van der Waals surface area contributed by atoms with Crippen molar-refractivity contribution in [3.8, 4) is 11.5 Å². The summed E-state index contributed by atoms with van der Waals surface area (Å²) in [6.07, 6.45) is -1.12. The van der Waals surface area contributed by atoms with Gasteiger partial charge in [-0.15, -0.1) is 0 Å². The number of nitrogens with zero attached hydrogens (tertiary/aromatic N) is 2. The number of benzene rings is 3. The molecule has 2 aliphatic rings. The molecule has 2 aliphatic heterocycles. The fraction of sp³-hybridized carbons (Fsp3) is 0.192.